The number of rotatable bonds is 4. The maximum Gasteiger partial charge on any atom is 0.102 e. The average Bonchev–Trinajstić information content (AvgIpc) is 3.42. The van der Waals surface area contributed by atoms with E-state index in [0.29, 0.717) is 0 Å². The Bertz CT molecular complexity index is 2540. The van der Waals surface area contributed by atoms with Gasteiger partial charge in [0.1, 0.15) is 11.7 Å². The fourth-order valence-corrected chi connectivity index (χ4v) is 9.56. The van der Waals surface area contributed by atoms with Crippen LogP contribution in [0.3, 0.4) is 0 Å². The first-order valence-electron chi connectivity index (χ1n) is 19.4. The van der Waals surface area contributed by atoms with Crippen LogP contribution in [0.2, 0.25) is 0 Å². The minimum atomic E-state index is -0.191. The SMILES string of the molecule is CC1=NC(C)(C)C(C)(C)N1c1ccc(-c2c3ccccc3c(-c3ccc(N4C(C)=NC(C)(C)C4(C)C)cc3)c3c4ccccc4c4ccccc4c23)cc1. The summed E-state index contributed by atoms with van der Waals surface area (Å²) < 4.78 is 0. The molecule has 9 rings (SSSR count). The summed E-state index contributed by atoms with van der Waals surface area (Å²) in [6.45, 7) is 22.4. The van der Waals surface area contributed by atoms with Crippen LogP contribution in [-0.2, 0) is 0 Å². The summed E-state index contributed by atoms with van der Waals surface area (Å²) in [5.41, 5.74) is 6.61. The number of anilines is 2. The van der Waals surface area contributed by atoms with Crippen LogP contribution in [0.4, 0.5) is 11.4 Å². The maximum absolute atomic E-state index is 5.07. The van der Waals surface area contributed by atoms with E-state index in [9.17, 15) is 0 Å². The Morgan fingerprint density at radius 1 is 0.370 bits per heavy atom. The molecule has 0 fully saturated rings. The molecular weight excluding hydrogens is 657 g/mol. The first-order chi connectivity index (χ1) is 25.6. The van der Waals surface area contributed by atoms with E-state index in [1.54, 1.807) is 0 Å². The van der Waals surface area contributed by atoms with E-state index in [4.69, 9.17) is 9.98 Å². The second-order valence-electron chi connectivity index (χ2n) is 17.5. The molecule has 2 aliphatic heterocycles. The molecule has 0 N–H and O–H groups in total. The van der Waals surface area contributed by atoms with Crippen molar-refractivity contribution in [1.29, 1.82) is 0 Å². The van der Waals surface area contributed by atoms with E-state index >= 15 is 0 Å². The van der Waals surface area contributed by atoms with Gasteiger partial charge in [0, 0.05) is 11.4 Å². The number of hydrogen-bond acceptors (Lipinski definition) is 4. The van der Waals surface area contributed by atoms with Gasteiger partial charge < -0.3 is 9.80 Å². The molecule has 0 saturated heterocycles. The lowest BCUT2D eigenvalue weighted by Crippen LogP contribution is -2.52. The van der Waals surface area contributed by atoms with Gasteiger partial charge in [-0.3, -0.25) is 9.98 Å². The van der Waals surface area contributed by atoms with Crippen LogP contribution in [0.1, 0.15) is 69.2 Å². The Kier molecular flexibility index (Phi) is 7.31. The van der Waals surface area contributed by atoms with Gasteiger partial charge in [-0.15, -0.1) is 0 Å². The third-order valence-corrected chi connectivity index (χ3v) is 13.4. The highest BCUT2D eigenvalue weighted by molar-refractivity contribution is 6.36. The van der Waals surface area contributed by atoms with Crippen molar-refractivity contribution < 1.29 is 0 Å². The molecule has 0 atom stereocenters. The Morgan fingerprint density at radius 2 is 0.667 bits per heavy atom. The Balaban J connectivity index is 1.33. The molecule has 4 nitrogen and oxygen atoms in total. The monoisotopic (exact) mass is 706 g/mol. The summed E-state index contributed by atoms with van der Waals surface area (Å²) in [4.78, 5) is 15.0. The van der Waals surface area contributed by atoms with Crippen molar-refractivity contribution in [2.75, 3.05) is 9.80 Å². The lowest BCUT2D eigenvalue weighted by molar-refractivity contribution is 0.338. The summed E-state index contributed by atoms with van der Waals surface area (Å²) in [7, 11) is 0. The molecule has 0 bridgehead atoms. The first kappa shape index (κ1) is 34.3. The van der Waals surface area contributed by atoms with E-state index in [1.165, 1.54) is 76.7 Å². The minimum absolute atomic E-state index is 0.156. The first-order valence-corrected chi connectivity index (χ1v) is 19.4. The van der Waals surface area contributed by atoms with E-state index in [1.807, 2.05) is 0 Å². The molecule has 0 unspecified atom stereocenters. The highest BCUT2D eigenvalue weighted by Crippen LogP contribution is 2.50. The topological polar surface area (TPSA) is 31.2 Å². The Hall–Kier alpha value is -5.48. The molecule has 2 heterocycles. The molecule has 0 aromatic heterocycles. The predicted octanol–water partition coefficient (Wildman–Crippen LogP) is 13.2. The number of hydrogen-bond donors (Lipinski definition) is 0. The lowest BCUT2D eigenvalue weighted by Gasteiger charge is -2.41. The van der Waals surface area contributed by atoms with Gasteiger partial charge in [-0.1, -0.05) is 97.1 Å². The number of amidine groups is 2. The van der Waals surface area contributed by atoms with Crippen molar-refractivity contribution in [2.45, 2.75) is 91.4 Å². The molecular formula is C50H50N4. The van der Waals surface area contributed by atoms with Gasteiger partial charge in [-0.05, 0) is 159 Å². The normalized spacial score (nSPS) is 18.6. The average molecular weight is 707 g/mol. The molecule has 54 heavy (non-hydrogen) atoms. The van der Waals surface area contributed by atoms with Gasteiger partial charge >= 0.3 is 0 Å². The van der Waals surface area contributed by atoms with Crippen molar-refractivity contribution >= 4 is 66.1 Å². The molecule has 7 aromatic rings. The van der Waals surface area contributed by atoms with Gasteiger partial charge in [-0.25, -0.2) is 0 Å². The molecule has 4 heteroatoms. The summed E-state index contributed by atoms with van der Waals surface area (Å²) in [5, 5.41) is 10.2. The number of aliphatic imine (C=N–C) groups is 2. The summed E-state index contributed by atoms with van der Waals surface area (Å²) in [5.74, 6) is 2.11. The van der Waals surface area contributed by atoms with Crippen LogP contribution in [0.5, 0.6) is 0 Å². The predicted molar refractivity (Wildman–Crippen MR) is 235 cm³/mol. The number of fused-ring (bicyclic) bond motifs is 7. The lowest BCUT2D eigenvalue weighted by atomic mass is 9.81. The van der Waals surface area contributed by atoms with Crippen LogP contribution in [0.15, 0.2) is 131 Å². The molecule has 0 amide bonds. The molecule has 0 radical (unpaired) electrons. The smallest absolute Gasteiger partial charge is 0.102 e. The summed E-state index contributed by atoms with van der Waals surface area (Å²) in [6, 6.07) is 45.4. The highest BCUT2D eigenvalue weighted by atomic mass is 15.3. The summed E-state index contributed by atoms with van der Waals surface area (Å²) in [6.07, 6.45) is 0. The molecule has 270 valence electrons. The zero-order chi connectivity index (χ0) is 37.9. The quantitative estimate of drug-likeness (QED) is 0.135. The number of nitrogens with zero attached hydrogens (tertiary/aromatic N) is 4. The van der Waals surface area contributed by atoms with Crippen LogP contribution in [0.25, 0.3) is 65.3 Å². The molecule has 0 aliphatic carbocycles. The van der Waals surface area contributed by atoms with Gasteiger partial charge in [0.05, 0.1) is 22.2 Å². The van der Waals surface area contributed by atoms with Crippen molar-refractivity contribution in [1.82, 2.24) is 0 Å². The van der Waals surface area contributed by atoms with Crippen LogP contribution >= 0.6 is 0 Å². The van der Waals surface area contributed by atoms with Gasteiger partial charge in [0.2, 0.25) is 0 Å². The van der Waals surface area contributed by atoms with E-state index in [2.05, 4.69) is 200 Å². The van der Waals surface area contributed by atoms with Crippen molar-refractivity contribution in [3.05, 3.63) is 121 Å². The maximum atomic E-state index is 5.07. The van der Waals surface area contributed by atoms with Crippen LogP contribution in [-0.4, -0.2) is 33.8 Å². The van der Waals surface area contributed by atoms with Crippen LogP contribution < -0.4 is 9.80 Å². The molecule has 2 aliphatic rings. The highest BCUT2D eigenvalue weighted by Gasteiger charge is 2.49. The standard InChI is InChI=1S/C50H50N4/c1-31-51-47(3,4)49(7,8)53(31)35-27-23-33(24-28-35)43-41-21-15-16-22-42(41)44(34-25-29-36(30-26-34)54-32(2)52-48(5,6)50(54,9)10)46-40-20-14-12-18-38(40)37-17-11-13-19-39(37)45(43)46/h11-30H,1-10H3. The molecule has 7 aromatic carbocycles. The third kappa shape index (κ3) is 4.68. The molecule has 0 saturated carbocycles. The van der Waals surface area contributed by atoms with E-state index in [-0.39, 0.29) is 22.2 Å². The van der Waals surface area contributed by atoms with Crippen LogP contribution in [0, 0.1) is 0 Å². The zero-order valence-electron chi connectivity index (χ0n) is 33.3. The van der Waals surface area contributed by atoms with Gasteiger partial charge in [0.15, 0.2) is 0 Å². The van der Waals surface area contributed by atoms with Crippen molar-refractivity contribution in [3.8, 4) is 22.3 Å². The van der Waals surface area contributed by atoms with E-state index in [0.717, 1.165) is 11.7 Å². The van der Waals surface area contributed by atoms with Crippen molar-refractivity contribution in [3.63, 3.8) is 0 Å². The second kappa shape index (κ2) is 11.5. The van der Waals surface area contributed by atoms with Crippen molar-refractivity contribution in [2.24, 2.45) is 9.98 Å². The number of benzene rings is 7. The summed E-state index contributed by atoms with van der Waals surface area (Å²) >= 11 is 0. The Morgan fingerprint density at radius 3 is 0.963 bits per heavy atom. The van der Waals surface area contributed by atoms with E-state index < -0.39 is 0 Å². The third-order valence-electron chi connectivity index (χ3n) is 13.4. The largest absolute Gasteiger partial charge is 0.322 e. The van der Waals surface area contributed by atoms with Gasteiger partial charge in [-0.2, -0.15) is 0 Å². The Labute approximate surface area is 319 Å². The second-order valence-corrected chi connectivity index (χ2v) is 17.5. The minimum Gasteiger partial charge on any atom is -0.322 e. The molecule has 0 spiro atoms. The zero-order valence-corrected chi connectivity index (χ0v) is 33.3. The fourth-order valence-electron chi connectivity index (χ4n) is 9.56. The fraction of sp³-hybridized carbons (Fsp3) is 0.280. The van der Waals surface area contributed by atoms with Gasteiger partial charge in [0.25, 0.3) is 0 Å².